The maximum Gasteiger partial charge on any atom is 0.0262 e. The molecular formula is C16H24N2. The van der Waals surface area contributed by atoms with Crippen molar-refractivity contribution in [2.24, 2.45) is 4.99 Å². The summed E-state index contributed by atoms with van der Waals surface area (Å²) in [4.78, 5) is 6.67. The molecule has 0 saturated carbocycles. The molecule has 1 rings (SSSR count). The van der Waals surface area contributed by atoms with Crippen LogP contribution in [0.1, 0.15) is 47.0 Å². The Hall–Kier alpha value is -1.57. The maximum absolute atomic E-state index is 4.52. The largest absolute Gasteiger partial charge is 0.326 e. The highest BCUT2D eigenvalue weighted by molar-refractivity contribution is 5.84. The zero-order valence-corrected chi connectivity index (χ0v) is 12.0. The van der Waals surface area contributed by atoms with Crippen molar-refractivity contribution in [1.82, 2.24) is 4.90 Å². The van der Waals surface area contributed by atoms with E-state index in [-0.39, 0.29) is 0 Å². The molecule has 0 aliphatic carbocycles. The van der Waals surface area contributed by atoms with Gasteiger partial charge in [0.1, 0.15) is 0 Å². The van der Waals surface area contributed by atoms with Gasteiger partial charge in [0.2, 0.25) is 0 Å². The van der Waals surface area contributed by atoms with Crippen molar-refractivity contribution in [3.05, 3.63) is 48.1 Å². The van der Waals surface area contributed by atoms with Gasteiger partial charge >= 0.3 is 0 Å². The molecule has 2 heteroatoms. The van der Waals surface area contributed by atoms with Gasteiger partial charge in [-0.3, -0.25) is 4.99 Å². The van der Waals surface area contributed by atoms with Crippen molar-refractivity contribution in [3.8, 4) is 0 Å². The number of allylic oxidation sites excluding steroid dienone is 5. The fourth-order valence-electron chi connectivity index (χ4n) is 1.92. The zero-order valence-electron chi connectivity index (χ0n) is 12.0. The topological polar surface area (TPSA) is 15.6 Å². The lowest BCUT2D eigenvalue weighted by Gasteiger charge is -2.25. The lowest BCUT2D eigenvalue weighted by molar-refractivity contribution is 0.564. The van der Waals surface area contributed by atoms with Crippen LogP contribution in [0.5, 0.6) is 0 Å². The molecule has 0 saturated heterocycles. The molecule has 2 nitrogen and oxygen atoms in total. The Bertz CT molecular complexity index is 422. The predicted octanol–water partition coefficient (Wildman–Crippen LogP) is 4.79. The van der Waals surface area contributed by atoms with Crippen LogP contribution in [-0.4, -0.2) is 10.6 Å². The van der Waals surface area contributed by atoms with E-state index in [0.29, 0.717) is 0 Å². The minimum atomic E-state index is 0.880. The third-order valence-electron chi connectivity index (χ3n) is 2.98. The summed E-state index contributed by atoms with van der Waals surface area (Å²) in [5, 5.41) is 0. The number of rotatable bonds is 4. The van der Waals surface area contributed by atoms with Gasteiger partial charge in [-0.1, -0.05) is 25.7 Å². The lowest BCUT2D eigenvalue weighted by atomic mass is 10.1. The summed E-state index contributed by atoms with van der Waals surface area (Å²) in [6.45, 7) is 12.4. The number of hydrogen-bond acceptors (Lipinski definition) is 2. The molecule has 0 aromatic rings. The van der Waals surface area contributed by atoms with E-state index in [0.717, 1.165) is 30.7 Å². The first kappa shape index (κ1) is 14.5. The van der Waals surface area contributed by atoms with Gasteiger partial charge in [-0.25, -0.2) is 0 Å². The van der Waals surface area contributed by atoms with Crippen molar-refractivity contribution >= 4 is 5.71 Å². The second-order valence-corrected chi connectivity index (χ2v) is 4.67. The number of nitrogens with zero attached hydrogens (tertiary/aromatic N) is 2. The van der Waals surface area contributed by atoms with Crippen molar-refractivity contribution in [2.75, 3.05) is 0 Å². The molecule has 98 valence electrons. The van der Waals surface area contributed by atoms with Crippen LogP contribution in [0.2, 0.25) is 0 Å². The van der Waals surface area contributed by atoms with Crippen molar-refractivity contribution in [2.45, 2.75) is 47.0 Å². The SMILES string of the molecule is C=C(C)N(/C=C\C)/C1=C/C/C(CC)=C\N=C(C)C1. The van der Waals surface area contributed by atoms with Gasteiger partial charge in [0.25, 0.3) is 0 Å². The Labute approximate surface area is 111 Å². The smallest absolute Gasteiger partial charge is 0.0262 e. The first-order valence-corrected chi connectivity index (χ1v) is 6.56. The number of hydrogen-bond donors (Lipinski definition) is 0. The third kappa shape index (κ3) is 4.02. The summed E-state index contributed by atoms with van der Waals surface area (Å²) in [7, 11) is 0. The molecule has 0 aromatic heterocycles. The van der Waals surface area contributed by atoms with Crippen LogP contribution in [-0.2, 0) is 0 Å². The average molecular weight is 244 g/mol. The van der Waals surface area contributed by atoms with E-state index >= 15 is 0 Å². The van der Waals surface area contributed by atoms with E-state index in [1.54, 1.807) is 0 Å². The lowest BCUT2D eigenvalue weighted by Crippen LogP contribution is -2.16. The van der Waals surface area contributed by atoms with Crippen LogP contribution in [0, 0.1) is 0 Å². The van der Waals surface area contributed by atoms with Gasteiger partial charge in [-0.15, -0.1) is 0 Å². The molecule has 1 heterocycles. The molecule has 0 atom stereocenters. The molecule has 0 aromatic carbocycles. The molecule has 0 spiro atoms. The molecule has 0 fully saturated rings. The number of aliphatic imine (C=N–C) groups is 1. The van der Waals surface area contributed by atoms with Gasteiger partial charge in [0.05, 0.1) is 0 Å². The van der Waals surface area contributed by atoms with Crippen LogP contribution < -0.4 is 0 Å². The van der Waals surface area contributed by atoms with E-state index in [9.17, 15) is 0 Å². The van der Waals surface area contributed by atoms with Gasteiger partial charge in [-0.2, -0.15) is 0 Å². The molecule has 18 heavy (non-hydrogen) atoms. The Morgan fingerprint density at radius 1 is 1.56 bits per heavy atom. The van der Waals surface area contributed by atoms with Crippen LogP contribution in [0.25, 0.3) is 0 Å². The highest BCUT2D eigenvalue weighted by Gasteiger charge is 2.10. The van der Waals surface area contributed by atoms with E-state index in [1.165, 1.54) is 11.3 Å². The molecule has 0 N–H and O–H groups in total. The highest BCUT2D eigenvalue weighted by Crippen LogP contribution is 2.21. The van der Waals surface area contributed by atoms with Crippen molar-refractivity contribution < 1.29 is 0 Å². The molecule has 0 amide bonds. The Kier molecular flexibility index (Phi) is 5.63. The standard InChI is InChI=1S/C16H24N2/c1-6-10-18(13(3)4)16-9-8-15(7-2)12-17-14(5)11-16/h6,9-10,12H,3,7-8,11H2,1-2,4-5H3/b10-6-,15-12-,16-9+,17-14?. The van der Waals surface area contributed by atoms with Gasteiger partial charge < -0.3 is 4.90 Å². The molecule has 1 aliphatic heterocycles. The van der Waals surface area contributed by atoms with E-state index in [1.807, 2.05) is 26.1 Å². The van der Waals surface area contributed by atoms with Gasteiger partial charge in [0, 0.05) is 35.9 Å². The van der Waals surface area contributed by atoms with Crippen LogP contribution >= 0.6 is 0 Å². The van der Waals surface area contributed by atoms with Crippen molar-refractivity contribution in [1.29, 1.82) is 0 Å². The Morgan fingerprint density at radius 2 is 2.28 bits per heavy atom. The molecule has 0 radical (unpaired) electrons. The molecule has 0 unspecified atom stereocenters. The second-order valence-electron chi connectivity index (χ2n) is 4.67. The van der Waals surface area contributed by atoms with Crippen molar-refractivity contribution in [3.63, 3.8) is 0 Å². The van der Waals surface area contributed by atoms with E-state index in [2.05, 4.69) is 42.6 Å². The predicted molar refractivity (Wildman–Crippen MR) is 80.3 cm³/mol. The average Bonchev–Trinajstić information content (AvgIpc) is 2.31. The van der Waals surface area contributed by atoms with Crippen LogP contribution in [0.15, 0.2) is 53.1 Å². The maximum atomic E-state index is 4.52. The van der Waals surface area contributed by atoms with Crippen LogP contribution in [0.3, 0.4) is 0 Å². The zero-order chi connectivity index (χ0) is 13.5. The first-order chi connectivity index (χ1) is 8.58. The summed E-state index contributed by atoms with van der Waals surface area (Å²) < 4.78 is 0. The molecular weight excluding hydrogens is 220 g/mol. The summed E-state index contributed by atoms with van der Waals surface area (Å²) in [5.41, 5.74) is 4.81. The van der Waals surface area contributed by atoms with E-state index in [4.69, 9.17) is 0 Å². The third-order valence-corrected chi connectivity index (χ3v) is 2.98. The van der Waals surface area contributed by atoms with E-state index < -0.39 is 0 Å². The minimum Gasteiger partial charge on any atom is -0.326 e. The Morgan fingerprint density at radius 3 is 2.83 bits per heavy atom. The fraction of sp³-hybridized carbons (Fsp3) is 0.438. The fourth-order valence-corrected chi connectivity index (χ4v) is 1.92. The summed E-state index contributed by atoms with van der Waals surface area (Å²) in [6.07, 6.45) is 11.3. The first-order valence-electron chi connectivity index (χ1n) is 6.56. The van der Waals surface area contributed by atoms with Gasteiger partial charge in [0.15, 0.2) is 0 Å². The quantitative estimate of drug-likeness (QED) is 0.694. The summed E-state index contributed by atoms with van der Waals surface area (Å²) in [6, 6.07) is 0. The highest BCUT2D eigenvalue weighted by atomic mass is 15.1. The second kappa shape index (κ2) is 7.00. The summed E-state index contributed by atoms with van der Waals surface area (Å²) >= 11 is 0. The minimum absolute atomic E-state index is 0.880. The normalized spacial score (nSPS) is 22.3. The molecule has 0 bridgehead atoms. The van der Waals surface area contributed by atoms with Crippen LogP contribution in [0.4, 0.5) is 0 Å². The molecule has 1 aliphatic rings. The monoisotopic (exact) mass is 244 g/mol. The summed E-state index contributed by atoms with van der Waals surface area (Å²) in [5.74, 6) is 0. The Balaban J connectivity index is 3.04. The van der Waals surface area contributed by atoms with Gasteiger partial charge in [-0.05, 0) is 39.2 Å².